The molecule has 0 bridgehead atoms. The van der Waals surface area contributed by atoms with Gasteiger partial charge in [-0.2, -0.15) is 0 Å². The third-order valence-electron chi connectivity index (χ3n) is 2.47. The molecule has 2 nitrogen and oxygen atoms in total. The van der Waals surface area contributed by atoms with Crippen molar-refractivity contribution >= 4 is 6.29 Å². The van der Waals surface area contributed by atoms with Gasteiger partial charge < -0.3 is 4.48 Å². The van der Waals surface area contributed by atoms with Crippen molar-refractivity contribution in [3.05, 3.63) is 0 Å². The van der Waals surface area contributed by atoms with Gasteiger partial charge in [-0.25, -0.2) is 0 Å². The van der Waals surface area contributed by atoms with Gasteiger partial charge in [-0.3, -0.25) is 4.79 Å². The minimum absolute atomic E-state index is 0.670. The molecule has 74 valence electrons. The Kier molecular flexibility index (Phi) is 10.3. The maximum absolute atomic E-state index is 10.3. The summed E-state index contributed by atoms with van der Waals surface area (Å²) in [5.74, 6) is 0. The minimum atomic E-state index is 0.670. The zero-order chi connectivity index (χ0) is 10.0. The molecular formula is C10H24NO+. The summed E-state index contributed by atoms with van der Waals surface area (Å²) in [5, 5.41) is 0. The predicted molar refractivity (Wildman–Crippen MR) is 54.2 cm³/mol. The van der Waals surface area contributed by atoms with Gasteiger partial charge in [-0.15, -0.1) is 0 Å². The summed E-state index contributed by atoms with van der Waals surface area (Å²) in [6.45, 7) is 14.3. The van der Waals surface area contributed by atoms with Crippen LogP contribution in [0.3, 0.4) is 0 Å². The molecule has 2 heteroatoms. The zero-order valence-electron chi connectivity index (χ0n) is 9.26. The molecule has 0 saturated heterocycles. The first-order valence-corrected chi connectivity index (χ1v) is 5.03. The van der Waals surface area contributed by atoms with Crippen molar-refractivity contribution in [3.63, 3.8) is 0 Å². The van der Waals surface area contributed by atoms with Crippen LogP contribution in [0.25, 0.3) is 0 Å². The highest BCUT2D eigenvalue weighted by Crippen LogP contribution is 2.02. The average Bonchev–Trinajstić information content (AvgIpc) is 2.18. The van der Waals surface area contributed by atoms with Crippen LogP contribution in [0.2, 0.25) is 0 Å². The second-order valence-corrected chi connectivity index (χ2v) is 2.64. The molecule has 0 aromatic heterocycles. The number of hydrogen-bond donors (Lipinski definition) is 0. The highest BCUT2D eigenvalue weighted by Gasteiger charge is 2.18. The number of hydrogen-bond acceptors (Lipinski definition) is 1. The maximum atomic E-state index is 10.3. The quantitative estimate of drug-likeness (QED) is 0.461. The van der Waals surface area contributed by atoms with Crippen LogP contribution in [-0.4, -0.2) is 36.9 Å². The molecule has 0 amide bonds. The third kappa shape index (κ3) is 4.50. The molecule has 0 aliphatic carbocycles. The van der Waals surface area contributed by atoms with Crippen LogP contribution in [0.15, 0.2) is 0 Å². The first-order valence-electron chi connectivity index (χ1n) is 5.03. The van der Waals surface area contributed by atoms with Crippen LogP contribution < -0.4 is 0 Å². The highest BCUT2D eigenvalue weighted by molar-refractivity contribution is 5.50. The van der Waals surface area contributed by atoms with Gasteiger partial charge in [0.25, 0.3) is 0 Å². The van der Waals surface area contributed by atoms with Crippen LogP contribution in [0.4, 0.5) is 0 Å². The molecule has 0 N–H and O–H groups in total. The number of likely N-dealkylation sites (N-methyl/N-ethyl adjacent to an activating group) is 1. The Hall–Kier alpha value is -0.370. The van der Waals surface area contributed by atoms with Crippen molar-refractivity contribution in [2.24, 2.45) is 0 Å². The zero-order valence-corrected chi connectivity index (χ0v) is 9.26. The van der Waals surface area contributed by atoms with E-state index in [9.17, 15) is 4.79 Å². The van der Waals surface area contributed by atoms with E-state index in [1.54, 1.807) is 0 Å². The van der Waals surface area contributed by atoms with Gasteiger partial charge in [0.05, 0.1) is 19.6 Å². The van der Waals surface area contributed by atoms with Crippen molar-refractivity contribution in [1.29, 1.82) is 0 Å². The molecule has 0 heterocycles. The predicted octanol–water partition coefficient (Wildman–Crippen LogP) is 2.09. The number of nitrogens with zero attached hydrogens (tertiary/aromatic N) is 1. The van der Waals surface area contributed by atoms with E-state index in [2.05, 4.69) is 20.8 Å². The lowest BCUT2D eigenvalue weighted by molar-refractivity contribution is -0.915. The molecule has 0 aromatic carbocycles. The van der Waals surface area contributed by atoms with E-state index in [-0.39, 0.29) is 0 Å². The minimum Gasteiger partial charge on any atom is -0.318 e. The van der Waals surface area contributed by atoms with Crippen LogP contribution in [0.1, 0.15) is 34.6 Å². The maximum Gasteiger partial charge on any atom is 0.174 e. The molecule has 0 saturated carbocycles. The molecule has 0 fully saturated rings. The number of rotatable bonds is 5. The van der Waals surface area contributed by atoms with E-state index in [1.165, 1.54) is 0 Å². The fraction of sp³-hybridized carbons (Fsp3) is 0.900. The van der Waals surface area contributed by atoms with Gasteiger partial charge in [0.2, 0.25) is 0 Å². The number of aldehydes is 1. The summed E-state index contributed by atoms with van der Waals surface area (Å²) >= 11 is 0. The Labute approximate surface area is 77.2 Å². The molecule has 0 rings (SSSR count). The molecule has 0 radical (unpaired) electrons. The molecule has 0 aromatic rings. The van der Waals surface area contributed by atoms with E-state index in [0.29, 0.717) is 6.54 Å². The summed E-state index contributed by atoms with van der Waals surface area (Å²) in [7, 11) is 0. The lowest BCUT2D eigenvalue weighted by atomic mass is 10.3. The van der Waals surface area contributed by atoms with E-state index >= 15 is 0 Å². The molecule has 12 heavy (non-hydrogen) atoms. The fourth-order valence-electron chi connectivity index (χ4n) is 1.22. The smallest absolute Gasteiger partial charge is 0.174 e. The van der Waals surface area contributed by atoms with Crippen LogP contribution in [0, 0.1) is 0 Å². The van der Waals surface area contributed by atoms with Crippen LogP contribution in [0.5, 0.6) is 0 Å². The second kappa shape index (κ2) is 8.72. The van der Waals surface area contributed by atoms with Gasteiger partial charge in [0, 0.05) is 0 Å². The number of quaternary nitrogens is 1. The second-order valence-electron chi connectivity index (χ2n) is 2.64. The van der Waals surface area contributed by atoms with Gasteiger partial charge >= 0.3 is 0 Å². The number of carbonyl (C=O) groups excluding carboxylic acids is 1. The Morgan fingerprint density at radius 3 is 1.42 bits per heavy atom. The summed E-state index contributed by atoms with van der Waals surface area (Å²) < 4.78 is 0.934. The lowest BCUT2D eigenvalue weighted by Gasteiger charge is -2.33. The first kappa shape index (κ1) is 14.2. The van der Waals surface area contributed by atoms with Gasteiger partial charge in [0.15, 0.2) is 6.29 Å². The normalized spacial score (nSPS) is 10.1. The van der Waals surface area contributed by atoms with Crippen molar-refractivity contribution in [2.75, 3.05) is 26.2 Å². The Balaban J connectivity index is 0. The van der Waals surface area contributed by atoms with E-state index in [0.717, 1.165) is 30.4 Å². The fourth-order valence-corrected chi connectivity index (χ4v) is 1.22. The largest absolute Gasteiger partial charge is 0.318 e. The monoisotopic (exact) mass is 174 g/mol. The van der Waals surface area contributed by atoms with Crippen molar-refractivity contribution < 1.29 is 9.28 Å². The van der Waals surface area contributed by atoms with Crippen molar-refractivity contribution in [1.82, 2.24) is 0 Å². The average molecular weight is 174 g/mol. The molecule has 0 atom stereocenters. The topological polar surface area (TPSA) is 17.1 Å². The van der Waals surface area contributed by atoms with E-state index in [1.807, 2.05) is 13.8 Å². The van der Waals surface area contributed by atoms with Gasteiger partial charge in [-0.1, -0.05) is 13.8 Å². The molecular weight excluding hydrogens is 150 g/mol. The standard InChI is InChI=1S/C8H18NO.C2H6/c1-4-9(5-2,6-3)7-8-10;1-2/h8H,4-7H2,1-3H3;1-2H3/q+1;. The first-order chi connectivity index (χ1) is 5.74. The van der Waals surface area contributed by atoms with Crippen LogP contribution in [-0.2, 0) is 4.79 Å². The van der Waals surface area contributed by atoms with Gasteiger partial charge in [-0.05, 0) is 20.8 Å². The van der Waals surface area contributed by atoms with Gasteiger partial charge in [0.1, 0.15) is 6.54 Å². The number of carbonyl (C=O) groups is 1. The Morgan fingerprint density at radius 2 is 1.33 bits per heavy atom. The lowest BCUT2D eigenvalue weighted by Crippen LogP contribution is -2.48. The van der Waals surface area contributed by atoms with Crippen molar-refractivity contribution in [3.8, 4) is 0 Å². The summed E-state index contributed by atoms with van der Waals surface area (Å²) in [6.07, 6.45) is 1.02. The third-order valence-corrected chi connectivity index (χ3v) is 2.47. The van der Waals surface area contributed by atoms with Crippen molar-refractivity contribution in [2.45, 2.75) is 34.6 Å². The summed E-state index contributed by atoms with van der Waals surface area (Å²) in [6, 6.07) is 0. The molecule has 0 unspecified atom stereocenters. The van der Waals surface area contributed by atoms with E-state index < -0.39 is 0 Å². The summed E-state index contributed by atoms with van der Waals surface area (Å²) in [5.41, 5.74) is 0. The molecule has 0 aliphatic rings. The highest BCUT2D eigenvalue weighted by atomic mass is 16.1. The molecule has 0 aliphatic heterocycles. The Bertz CT molecular complexity index is 89.7. The van der Waals surface area contributed by atoms with Crippen LogP contribution >= 0.6 is 0 Å². The Morgan fingerprint density at radius 1 is 1.00 bits per heavy atom. The van der Waals surface area contributed by atoms with E-state index in [4.69, 9.17) is 0 Å². The molecule has 0 spiro atoms. The summed E-state index contributed by atoms with van der Waals surface area (Å²) in [4.78, 5) is 10.3. The SMILES string of the molecule is CC.CC[N+](CC)(CC)CC=O.